The molecule has 154 valence electrons. The molecule has 0 saturated heterocycles. The summed E-state index contributed by atoms with van der Waals surface area (Å²) < 4.78 is 0.992. The van der Waals surface area contributed by atoms with Gasteiger partial charge in [0.15, 0.2) is 0 Å². The van der Waals surface area contributed by atoms with Crippen LogP contribution in [0.3, 0.4) is 0 Å². The van der Waals surface area contributed by atoms with Gasteiger partial charge < -0.3 is 5.32 Å². The van der Waals surface area contributed by atoms with Gasteiger partial charge in [-0.3, -0.25) is 14.7 Å². The van der Waals surface area contributed by atoms with Crippen molar-refractivity contribution < 1.29 is 4.79 Å². The van der Waals surface area contributed by atoms with Crippen molar-refractivity contribution in [3.05, 3.63) is 111 Å². The molecule has 4 nitrogen and oxygen atoms in total. The molecular weight excluding hydrogens is 474 g/mol. The summed E-state index contributed by atoms with van der Waals surface area (Å²) in [6.07, 6.45) is 0. The lowest BCUT2D eigenvalue weighted by Crippen LogP contribution is -2.33. The van der Waals surface area contributed by atoms with Crippen LogP contribution in [0.25, 0.3) is 0 Å². The minimum Gasteiger partial charge on any atom is -0.378 e. The lowest BCUT2D eigenvalue weighted by Gasteiger charge is -2.28. The van der Waals surface area contributed by atoms with Crippen LogP contribution in [0.1, 0.15) is 17.2 Å². The van der Waals surface area contributed by atoms with Crippen molar-refractivity contribution >= 4 is 44.8 Å². The summed E-state index contributed by atoms with van der Waals surface area (Å²) in [7, 11) is 0. The van der Waals surface area contributed by atoms with Crippen LogP contribution in [0.5, 0.6) is 0 Å². The second kappa shape index (κ2) is 8.33. The normalized spacial score (nSPS) is 18.4. The lowest BCUT2D eigenvalue weighted by molar-refractivity contribution is -0.115. The van der Waals surface area contributed by atoms with E-state index in [0.717, 1.165) is 32.6 Å². The Balaban J connectivity index is 1.72. The van der Waals surface area contributed by atoms with Gasteiger partial charge in [0.05, 0.1) is 18.3 Å². The van der Waals surface area contributed by atoms with Crippen molar-refractivity contribution in [2.75, 3.05) is 18.0 Å². The highest BCUT2D eigenvalue weighted by Gasteiger charge is 2.43. The molecule has 2 heterocycles. The summed E-state index contributed by atoms with van der Waals surface area (Å²) in [6, 6.07) is 25.3. The van der Waals surface area contributed by atoms with Crippen molar-refractivity contribution in [2.24, 2.45) is 4.99 Å². The number of anilines is 1. The quantitative estimate of drug-likeness (QED) is 0.522. The van der Waals surface area contributed by atoms with Gasteiger partial charge in [-0.1, -0.05) is 70.0 Å². The van der Waals surface area contributed by atoms with Gasteiger partial charge in [0, 0.05) is 32.9 Å². The van der Waals surface area contributed by atoms with E-state index in [4.69, 9.17) is 16.6 Å². The molecule has 2 aliphatic heterocycles. The van der Waals surface area contributed by atoms with Crippen LogP contribution in [0.4, 0.5) is 5.69 Å². The smallest absolute Gasteiger partial charge is 0.275 e. The van der Waals surface area contributed by atoms with E-state index in [1.165, 1.54) is 0 Å². The zero-order valence-corrected chi connectivity index (χ0v) is 18.9. The Bertz CT molecular complexity index is 1190. The summed E-state index contributed by atoms with van der Waals surface area (Å²) in [5.74, 6) is -0.0438. The van der Waals surface area contributed by atoms with Crippen LogP contribution in [0.15, 0.2) is 99.6 Å². The van der Waals surface area contributed by atoms with Gasteiger partial charge in [-0.15, -0.1) is 0 Å². The standard InChI is InChI=1S/C25H19BrClN3O/c26-18-10-6-17(7-11-18)24-21-22(16-8-12-19(27)13-9-16)28-14-15-29-23(21)25(31)30(24)20-4-2-1-3-5-20/h1-13,24,29H,14-15H2/t24-/m1/s1. The van der Waals surface area contributed by atoms with Gasteiger partial charge in [-0.05, 0) is 42.0 Å². The van der Waals surface area contributed by atoms with Crippen LogP contribution in [0, 0.1) is 0 Å². The second-order valence-electron chi connectivity index (χ2n) is 7.42. The maximum Gasteiger partial charge on any atom is 0.275 e. The van der Waals surface area contributed by atoms with E-state index in [0.29, 0.717) is 23.8 Å². The van der Waals surface area contributed by atoms with E-state index in [1.807, 2.05) is 71.6 Å². The largest absolute Gasteiger partial charge is 0.378 e. The Hall–Kier alpha value is -2.89. The number of rotatable bonds is 3. The zero-order chi connectivity index (χ0) is 21.4. The van der Waals surface area contributed by atoms with Crippen molar-refractivity contribution in [2.45, 2.75) is 6.04 Å². The van der Waals surface area contributed by atoms with E-state index in [9.17, 15) is 4.79 Å². The highest BCUT2D eigenvalue weighted by Crippen LogP contribution is 2.42. The molecule has 0 aromatic heterocycles. The fraction of sp³-hybridized carbons (Fsp3) is 0.120. The molecule has 0 spiro atoms. The summed E-state index contributed by atoms with van der Waals surface area (Å²) in [6.45, 7) is 1.20. The van der Waals surface area contributed by atoms with E-state index < -0.39 is 0 Å². The average Bonchev–Trinajstić information content (AvgIpc) is 2.93. The Morgan fingerprint density at radius 3 is 2.39 bits per heavy atom. The van der Waals surface area contributed by atoms with Gasteiger partial charge in [0.25, 0.3) is 5.91 Å². The SMILES string of the molecule is O=C1C2=C(C(c3ccc(Cl)cc3)=NCCN2)[C@@H](c2ccc(Br)cc2)N1c1ccccc1. The molecule has 0 aliphatic carbocycles. The van der Waals surface area contributed by atoms with Crippen LogP contribution in [-0.2, 0) is 4.79 Å². The number of carbonyl (C=O) groups excluding carboxylic acids is 1. The van der Waals surface area contributed by atoms with Crippen LogP contribution in [0.2, 0.25) is 5.02 Å². The summed E-state index contributed by atoms with van der Waals surface area (Å²) >= 11 is 9.65. The van der Waals surface area contributed by atoms with E-state index in [-0.39, 0.29) is 11.9 Å². The van der Waals surface area contributed by atoms with Gasteiger partial charge in [-0.25, -0.2) is 0 Å². The fourth-order valence-corrected chi connectivity index (χ4v) is 4.53. The highest BCUT2D eigenvalue weighted by atomic mass is 79.9. The predicted octanol–water partition coefficient (Wildman–Crippen LogP) is 5.54. The number of carbonyl (C=O) groups is 1. The average molecular weight is 493 g/mol. The molecule has 0 radical (unpaired) electrons. The zero-order valence-electron chi connectivity index (χ0n) is 16.6. The first-order valence-corrected chi connectivity index (χ1v) is 11.2. The number of benzene rings is 3. The van der Waals surface area contributed by atoms with Crippen LogP contribution >= 0.6 is 27.5 Å². The first-order chi connectivity index (χ1) is 15.1. The molecule has 0 fully saturated rings. The van der Waals surface area contributed by atoms with E-state index >= 15 is 0 Å². The molecule has 5 rings (SSSR count). The molecule has 0 saturated carbocycles. The van der Waals surface area contributed by atoms with Crippen molar-refractivity contribution in [3.63, 3.8) is 0 Å². The Morgan fingerprint density at radius 2 is 1.68 bits per heavy atom. The number of nitrogens with zero attached hydrogens (tertiary/aromatic N) is 2. The highest BCUT2D eigenvalue weighted by molar-refractivity contribution is 9.10. The molecule has 6 heteroatoms. The first kappa shape index (κ1) is 20.0. The third-order valence-corrected chi connectivity index (χ3v) is 6.29. The topological polar surface area (TPSA) is 44.7 Å². The number of hydrogen-bond donors (Lipinski definition) is 1. The molecule has 1 amide bonds. The Morgan fingerprint density at radius 1 is 0.968 bits per heavy atom. The summed E-state index contributed by atoms with van der Waals surface area (Å²) in [5, 5.41) is 4.02. The fourth-order valence-electron chi connectivity index (χ4n) is 4.14. The summed E-state index contributed by atoms with van der Waals surface area (Å²) in [5.41, 5.74) is 5.17. The maximum atomic E-state index is 13.7. The van der Waals surface area contributed by atoms with Crippen molar-refractivity contribution in [1.82, 2.24) is 5.32 Å². The van der Waals surface area contributed by atoms with Crippen molar-refractivity contribution in [3.8, 4) is 0 Å². The van der Waals surface area contributed by atoms with Gasteiger partial charge in [-0.2, -0.15) is 0 Å². The molecule has 0 bridgehead atoms. The third-order valence-electron chi connectivity index (χ3n) is 5.51. The van der Waals surface area contributed by atoms with Crippen LogP contribution < -0.4 is 10.2 Å². The monoisotopic (exact) mass is 491 g/mol. The second-order valence-corrected chi connectivity index (χ2v) is 8.77. The maximum absolute atomic E-state index is 13.7. The molecule has 3 aromatic carbocycles. The molecule has 1 atom stereocenters. The van der Waals surface area contributed by atoms with Gasteiger partial charge in [0.1, 0.15) is 5.70 Å². The molecule has 1 N–H and O–H groups in total. The third kappa shape index (κ3) is 3.68. The molecule has 0 unspecified atom stereocenters. The number of para-hydroxylation sites is 1. The molecule has 3 aromatic rings. The number of nitrogens with one attached hydrogen (secondary N) is 1. The Kier molecular flexibility index (Phi) is 5.38. The predicted molar refractivity (Wildman–Crippen MR) is 129 cm³/mol. The molecule has 31 heavy (non-hydrogen) atoms. The minimum absolute atomic E-state index is 0.0438. The Labute approximate surface area is 194 Å². The molecule has 2 aliphatic rings. The molecular formula is C25H19BrClN3O. The van der Waals surface area contributed by atoms with E-state index in [2.05, 4.69) is 33.4 Å². The van der Waals surface area contributed by atoms with Gasteiger partial charge >= 0.3 is 0 Å². The van der Waals surface area contributed by atoms with Gasteiger partial charge in [0.2, 0.25) is 0 Å². The summed E-state index contributed by atoms with van der Waals surface area (Å²) in [4.78, 5) is 20.4. The lowest BCUT2D eigenvalue weighted by atomic mass is 9.91. The first-order valence-electron chi connectivity index (χ1n) is 10.1. The van der Waals surface area contributed by atoms with Crippen LogP contribution in [-0.4, -0.2) is 24.7 Å². The number of halogens is 2. The number of hydrogen-bond acceptors (Lipinski definition) is 3. The van der Waals surface area contributed by atoms with E-state index in [1.54, 1.807) is 0 Å². The number of aliphatic imine (C=N–C) groups is 1. The minimum atomic E-state index is -0.293. The van der Waals surface area contributed by atoms with Crippen molar-refractivity contribution in [1.29, 1.82) is 0 Å². The number of amides is 1.